The number of rotatable bonds is 3. The lowest BCUT2D eigenvalue weighted by Gasteiger charge is -2.21. The third-order valence-corrected chi connectivity index (χ3v) is 5.10. The van der Waals surface area contributed by atoms with Gasteiger partial charge in [-0.05, 0) is 23.8 Å². The highest BCUT2D eigenvalue weighted by Gasteiger charge is 2.68. The molecule has 2 fully saturated rings. The summed E-state index contributed by atoms with van der Waals surface area (Å²) in [6.07, 6.45) is 0.713. The van der Waals surface area contributed by atoms with Crippen LogP contribution in [0, 0.1) is 16.7 Å². The Morgan fingerprint density at radius 1 is 1.35 bits per heavy atom. The summed E-state index contributed by atoms with van der Waals surface area (Å²) in [6, 6.07) is 0. The van der Waals surface area contributed by atoms with Crippen LogP contribution in [-0.4, -0.2) is 36.2 Å². The van der Waals surface area contributed by atoms with E-state index in [1.165, 1.54) is 0 Å². The van der Waals surface area contributed by atoms with E-state index in [-0.39, 0.29) is 22.7 Å². The van der Waals surface area contributed by atoms with E-state index >= 15 is 0 Å². The molecule has 0 spiro atoms. The second-order valence-corrected chi connectivity index (χ2v) is 6.75. The van der Waals surface area contributed by atoms with Crippen LogP contribution in [0.3, 0.4) is 0 Å². The van der Waals surface area contributed by atoms with Gasteiger partial charge in [-0.1, -0.05) is 27.7 Å². The molecule has 4 heteroatoms. The van der Waals surface area contributed by atoms with Gasteiger partial charge in [0.25, 0.3) is 0 Å². The van der Waals surface area contributed by atoms with Gasteiger partial charge in [-0.25, -0.2) is 0 Å². The van der Waals surface area contributed by atoms with Crippen LogP contribution >= 0.6 is 0 Å². The molecule has 1 amide bonds. The quantitative estimate of drug-likeness (QED) is 0.673. The maximum Gasteiger partial charge on any atom is 0.224 e. The summed E-state index contributed by atoms with van der Waals surface area (Å²) in [6.45, 7) is 10.3. The van der Waals surface area contributed by atoms with Gasteiger partial charge in [0.15, 0.2) is 0 Å². The van der Waals surface area contributed by atoms with Crippen molar-refractivity contribution in [2.24, 2.45) is 16.7 Å². The molecule has 1 unspecified atom stereocenters. The van der Waals surface area contributed by atoms with E-state index < -0.39 is 5.60 Å². The van der Waals surface area contributed by atoms with Gasteiger partial charge < -0.3 is 15.7 Å². The van der Waals surface area contributed by atoms with Gasteiger partial charge in [-0.15, -0.1) is 0 Å². The lowest BCUT2D eigenvalue weighted by atomic mass is 10.0. The van der Waals surface area contributed by atoms with Gasteiger partial charge in [0, 0.05) is 19.0 Å². The second-order valence-electron chi connectivity index (χ2n) is 6.75. The van der Waals surface area contributed by atoms with E-state index in [1.807, 2.05) is 0 Å². The van der Waals surface area contributed by atoms with Crippen LogP contribution in [0.4, 0.5) is 0 Å². The first-order chi connectivity index (χ1) is 7.71. The van der Waals surface area contributed by atoms with Crippen molar-refractivity contribution in [1.82, 2.24) is 10.6 Å². The molecule has 2 aliphatic rings. The Morgan fingerprint density at radius 2 is 1.94 bits per heavy atom. The van der Waals surface area contributed by atoms with Crippen LogP contribution in [0.2, 0.25) is 0 Å². The number of nitrogens with one attached hydrogen (secondary N) is 2. The highest BCUT2D eigenvalue weighted by Crippen LogP contribution is 2.68. The maximum absolute atomic E-state index is 12.1. The third-order valence-electron chi connectivity index (χ3n) is 5.10. The van der Waals surface area contributed by atoms with E-state index in [2.05, 4.69) is 38.3 Å². The average molecular weight is 240 g/mol. The standard InChI is InChI=1S/C13H24N2O2/c1-11(2)9(12(11,3)4)10(16)15-8-13(17)5-6-14-7-13/h9,14,17H,5-8H2,1-4H3,(H,15,16). The topological polar surface area (TPSA) is 61.4 Å². The number of carbonyl (C=O) groups excluding carboxylic acids is 1. The minimum absolute atomic E-state index is 0.0629. The summed E-state index contributed by atoms with van der Waals surface area (Å²) in [5, 5.41) is 16.1. The van der Waals surface area contributed by atoms with E-state index in [0.717, 1.165) is 6.54 Å². The molecule has 2 rings (SSSR count). The summed E-state index contributed by atoms with van der Waals surface area (Å²) in [5.41, 5.74) is -0.625. The minimum Gasteiger partial charge on any atom is -0.387 e. The Labute approximate surface area is 103 Å². The number of aliphatic hydroxyl groups is 1. The van der Waals surface area contributed by atoms with Crippen LogP contribution in [0.1, 0.15) is 34.1 Å². The molecule has 98 valence electrons. The highest BCUT2D eigenvalue weighted by molar-refractivity contribution is 5.84. The second kappa shape index (κ2) is 3.69. The summed E-state index contributed by atoms with van der Waals surface area (Å²) >= 11 is 0. The maximum atomic E-state index is 12.1. The van der Waals surface area contributed by atoms with Crippen LogP contribution < -0.4 is 10.6 Å². The summed E-state index contributed by atoms with van der Waals surface area (Å²) in [5.74, 6) is 0.147. The van der Waals surface area contributed by atoms with Gasteiger partial charge >= 0.3 is 0 Å². The molecule has 1 atom stereocenters. The van der Waals surface area contributed by atoms with Gasteiger partial charge in [0.2, 0.25) is 5.91 Å². The number of carbonyl (C=O) groups is 1. The van der Waals surface area contributed by atoms with Crippen molar-refractivity contribution in [2.45, 2.75) is 39.7 Å². The van der Waals surface area contributed by atoms with E-state index in [0.29, 0.717) is 19.5 Å². The van der Waals surface area contributed by atoms with Crippen LogP contribution in [-0.2, 0) is 4.79 Å². The van der Waals surface area contributed by atoms with E-state index in [1.54, 1.807) is 0 Å². The van der Waals surface area contributed by atoms with Gasteiger partial charge in [0.1, 0.15) is 0 Å². The van der Waals surface area contributed by atoms with Crippen molar-refractivity contribution in [3.8, 4) is 0 Å². The first-order valence-corrected chi connectivity index (χ1v) is 6.42. The molecular formula is C13H24N2O2. The van der Waals surface area contributed by atoms with E-state index in [9.17, 15) is 9.90 Å². The molecule has 1 heterocycles. The monoisotopic (exact) mass is 240 g/mol. The molecule has 4 nitrogen and oxygen atoms in total. The molecule has 1 saturated carbocycles. The molecular weight excluding hydrogens is 216 g/mol. The zero-order valence-electron chi connectivity index (χ0n) is 11.3. The molecule has 0 aromatic carbocycles. The Balaban J connectivity index is 1.87. The highest BCUT2D eigenvalue weighted by atomic mass is 16.3. The molecule has 1 aliphatic heterocycles. The smallest absolute Gasteiger partial charge is 0.224 e. The van der Waals surface area contributed by atoms with Crippen LogP contribution in [0.15, 0.2) is 0 Å². The molecule has 0 radical (unpaired) electrons. The molecule has 0 bridgehead atoms. The predicted molar refractivity (Wildman–Crippen MR) is 66.5 cm³/mol. The number of β-amino-alcohol motifs (C(OH)–C–C–N with tert-alkyl or cyclic N) is 1. The Hall–Kier alpha value is -0.610. The lowest BCUT2D eigenvalue weighted by molar-refractivity contribution is -0.124. The van der Waals surface area contributed by atoms with Crippen molar-refractivity contribution >= 4 is 5.91 Å². The number of amides is 1. The first kappa shape index (κ1) is 12.8. The Morgan fingerprint density at radius 3 is 2.35 bits per heavy atom. The molecule has 0 aromatic heterocycles. The van der Waals surface area contributed by atoms with Crippen LogP contribution in [0.5, 0.6) is 0 Å². The van der Waals surface area contributed by atoms with Gasteiger partial charge in [0.05, 0.1) is 5.60 Å². The average Bonchev–Trinajstić information content (AvgIpc) is 2.54. The normalized spacial score (nSPS) is 34.6. The molecule has 1 aliphatic carbocycles. The Kier molecular flexibility index (Phi) is 2.79. The largest absolute Gasteiger partial charge is 0.387 e. The van der Waals surface area contributed by atoms with E-state index in [4.69, 9.17) is 0 Å². The van der Waals surface area contributed by atoms with Crippen molar-refractivity contribution < 1.29 is 9.90 Å². The van der Waals surface area contributed by atoms with Crippen LogP contribution in [0.25, 0.3) is 0 Å². The van der Waals surface area contributed by atoms with Gasteiger partial charge in [-0.2, -0.15) is 0 Å². The predicted octanol–water partition coefficient (Wildman–Crippen LogP) is 0.509. The zero-order chi connectivity index (χ0) is 12.9. The SMILES string of the molecule is CC1(C)C(C(=O)NCC2(O)CCNC2)C1(C)C. The first-order valence-electron chi connectivity index (χ1n) is 6.42. The summed E-state index contributed by atoms with van der Waals surface area (Å²) in [4.78, 5) is 12.1. The van der Waals surface area contributed by atoms with Crippen molar-refractivity contribution in [2.75, 3.05) is 19.6 Å². The fourth-order valence-electron chi connectivity index (χ4n) is 3.09. The van der Waals surface area contributed by atoms with Crippen molar-refractivity contribution in [3.63, 3.8) is 0 Å². The fourth-order valence-corrected chi connectivity index (χ4v) is 3.09. The molecule has 3 N–H and O–H groups in total. The zero-order valence-corrected chi connectivity index (χ0v) is 11.3. The summed E-state index contributed by atoms with van der Waals surface area (Å²) < 4.78 is 0. The Bertz CT molecular complexity index is 316. The number of hydrogen-bond acceptors (Lipinski definition) is 3. The summed E-state index contributed by atoms with van der Waals surface area (Å²) in [7, 11) is 0. The lowest BCUT2D eigenvalue weighted by Crippen LogP contribution is -2.45. The van der Waals surface area contributed by atoms with Crippen molar-refractivity contribution in [1.29, 1.82) is 0 Å². The minimum atomic E-state index is -0.751. The number of hydrogen-bond donors (Lipinski definition) is 3. The molecule has 0 aromatic rings. The molecule has 17 heavy (non-hydrogen) atoms. The fraction of sp³-hybridized carbons (Fsp3) is 0.923. The van der Waals surface area contributed by atoms with Crippen molar-refractivity contribution in [3.05, 3.63) is 0 Å². The molecule has 1 saturated heterocycles. The van der Waals surface area contributed by atoms with Gasteiger partial charge in [-0.3, -0.25) is 4.79 Å². The third kappa shape index (κ3) is 1.97.